The van der Waals surface area contributed by atoms with Crippen molar-refractivity contribution < 1.29 is 19.1 Å². The molecular weight excluding hydrogens is 293 g/mol. The lowest BCUT2D eigenvalue weighted by Crippen LogP contribution is -2.35. The Labute approximate surface area is 106 Å². The van der Waals surface area contributed by atoms with Gasteiger partial charge in [0.25, 0.3) is 5.91 Å². The van der Waals surface area contributed by atoms with Gasteiger partial charge in [-0.2, -0.15) is 0 Å². The van der Waals surface area contributed by atoms with Crippen LogP contribution >= 0.6 is 15.9 Å². The van der Waals surface area contributed by atoms with Crippen LogP contribution in [0.25, 0.3) is 0 Å². The highest BCUT2D eigenvalue weighted by Crippen LogP contribution is 2.17. The maximum Gasteiger partial charge on any atom is 0.323 e. The van der Waals surface area contributed by atoms with Crippen LogP contribution in [0.2, 0.25) is 0 Å². The monoisotopic (exact) mass is 303 g/mol. The molecule has 0 aliphatic carbocycles. The second-order valence-electron chi connectivity index (χ2n) is 3.34. The highest BCUT2D eigenvalue weighted by molar-refractivity contribution is 9.10. The van der Waals surface area contributed by atoms with E-state index < -0.39 is 24.2 Å². The zero-order valence-electron chi connectivity index (χ0n) is 9.11. The number of aliphatic carboxylic acids is 1. The Morgan fingerprint density at radius 2 is 2.12 bits per heavy atom. The third-order valence-electron chi connectivity index (χ3n) is 2.16. The average Bonchev–Trinajstić information content (AvgIpc) is 2.28. The van der Waals surface area contributed by atoms with E-state index in [1.54, 1.807) is 6.92 Å². The van der Waals surface area contributed by atoms with Crippen molar-refractivity contribution in [1.29, 1.82) is 0 Å². The van der Waals surface area contributed by atoms with Gasteiger partial charge in [-0.15, -0.1) is 0 Å². The molecule has 0 heterocycles. The molecule has 1 amide bonds. The summed E-state index contributed by atoms with van der Waals surface area (Å²) in [6.07, 6.45) is 0. The number of hydrogen-bond donors (Lipinski definition) is 1. The molecule has 0 radical (unpaired) electrons. The van der Waals surface area contributed by atoms with Crippen molar-refractivity contribution in [2.75, 3.05) is 13.1 Å². The third kappa shape index (κ3) is 3.52. The highest BCUT2D eigenvalue weighted by atomic mass is 79.9. The Kier molecular flexibility index (Phi) is 4.62. The summed E-state index contributed by atoms with van der Waals surface area (Å²) in [7, 11) is 0. The smallest absolute Gasteiger partial charge is 0.323 e. The van der Waals surface area contributed by atoms with Gasteiger partial charge >= 0.3 is 5.97 Å². The Hall–Kier alpha value is -1.43. The van der Waals surface area contributed by atoms with Crippen LogP contribution in [0.15, 0.2) is 22.7 Å². The molecule has 0 unspecified atom stereocenters. The van der Waals surface area contributed by atoms with Gasteiger partial charge in [0.2, 0.25) is 0 Å². The van der Waals surface area contributed by atoms with Crippen molar-refractivity contribution >= 4 is 27.8 Å². The quantitative estimate of drug-likeness (QED) is 0.927. The van der Waals surface area contributed by atoms with Crippen LogP contribution in [0, 0.1) is 5.82 Å². The minimum atomic E-state index is -1.10. The number of carbonyl (C=O) groups is 2. The van der Waals surface area contributed by atoms with Crippen molar-refractivity contribution in [3.8, 4) is 0 Å². The molecule has 0 aliphatic heterocycles. The van der Waals surface area contributed by atoms with Crippen molar-refractivity contribution in [3.63, 3.8) is 0 Å². The molecule has 17 heavy (non-hydrogen) atoms. The molecule has 0 bridgehead atoms. The maximum atomic E-state index is 13.2. The molecule has 4 nitrogen and oxygen atoms in total. The highest BCUT2D eigenvalue weighted by Gasteiger charge is 2.17. The molecule has 1 N–H and O–H groups in total. The molecule has 0 aromatic heterocycles. The molecule has 0 spiro atoms. The predicted octanol–water partition coefficient (Wildman–Crippen LogP) is 2.13. The van der Waals surface area contributed by atoms with Crippen molar-refractivity contribution in [3.05, 3.63) is 34.1 Å². The first kappa shape index (κ1) is 13.6. The van der Waals surface area contributed by atoms with E-state index in [-0.39, 0.29) is 16.6 Å². The lowest BCUT2D eigenvalue weighted by atomic mass is 10.2. The standard InChI is InChI=1S/C11H11BrFNO3/c1-2-14(6-10(15)16)11(17)7-3-4-8(12)9(13)5-7/h3-5H,2,6H2,1H3,(H,15,16). The van der Waals surface area contributed by atoms with Crippen LogP contribution in [0.5, 0.6) is 0 Å². The lowest BCUT2D eigenvalue weighted by molar-refractivity contribution is -0.137. The number of rotatable bonds is 4. The van der Waals surface area contributed by atoms with Gasteiger partial charge in [-0.05, 0) is 41.1 Å². The Morgan fingerprint density at radius 3 is 2.59 bits per heavy atom. The van der Waals surface area contributed by atoms with Crippen molar-refractivity contribution in [2.24, 2.45) is 0 Å². The molecule has 0 saturated heterocycles. The van der Waals surface area contributed by atoms with E-state index in [4.69, 9.17) is 5.11 Å². The molecule has 1 aromatic rings. The summed E-state index contributed by atoms with van der Waals surface area (Å²) >= 11 is 2.98. The molecule has 1 rings (SSSR count). The van der Waals surface area contributed by atoms with Gasteiger partial charge in [-0.3, -0.25) is 9.59 Å². The van der Waals surface area contributed by atoms with Gasteiger partial charge in [0.15, 0.2) is 0 Å². The van der Waals surface area contributed by atoms with Crippen LogP contribution in [-0.2, 0) is 4.79 Å². The second kappa shape index (κ2) is 5.77. The number of carbonyl (C=O) groups excluding carboxylic acids is 1. The molecule has 0 aliphatic rings. The fourth-order valence-corrected chi connectivity index (χ4v) is 1.55. The van der Waals surface area contributed by atoms with Crippen LogP contribution in [0.4, 0.5) is 4.39 Å². The number of likely N-dealkylation sites (N-methyl/N-ethyl adjacent to an activating group) is 1. The summed E-state index contributed by atoms with van der Waals surface area (Å²) in [6, 6.07) is 3.94. The lowest BCUT2D eigenvalue weighted by Gasteiger charge is -2.18. The van der Waals surface area contributed by atoms with Crippen LogP contribution in [-0.4, -0.2) is 35.0 Å². The molecule has 0 atom stereocenters. The molecule has 6 heteroatoms. The molecule has 1 aromatic carbocycles. The Balaban J connectivity index is 2.93. The topological polar surface area (TPSA) is 57.6 Å². The fraction of sp³-hybridized carbons (Fsp3) is 0.273. The summed E-state index contributed by atoms with van der Waals surface area (Å²) in [5.41, 5.74) is 0.133. The minimum absolute atomic E-state index is 0.133. The van der Waals surface area contributed by atoms with Gasteiger partial charge in [-0.1, -0.05) is 0 Å². The Morgan fingerprint density at radius 1 is 1.47 bits per heavy atom. The van der Waals surface area contributed by atoms with Gasteiger partial charge in [0.1, 0.15) is 12.4 Å². The number of amides is 1. The SMILES string of the molecule is CCN(CC(=O)O)C(=O)c1ccc(Br)c(F)c1. The van der Waals surface area contributed by atoms with Gasteiger partial charge in [-0.25, -0.2) is 4.39 Å². The van der Waals surface area contributed by atoms with Crippen LogP contribution < -0.4 is 0 Å². The van der Waals surface area contributed by atoms with E-state index in [0.29, 0.717) is 0 Å². The van der Waals surface area contributed by atoms with Crippen molar-refractivity contribution in [2.45, 2.75) is 6.92 Å². The minimum Gasteiger partial charge on any atom is -0.480 e. The Bertz CT molecular complexity index is 450. The maximum absolute atomic E-state index is 13.2. The van der Waals surface area contributed by atoms with E-state index in [1.807, 2.05) is 0 Å². The summed E-state index contributed by atoms with van der Waals surface area (Å²) in [5, 5.41) is 8.63. The number of benzene rings is 1. The number of carboxylic acid groups (broad SMARTS) is 1. The average molecular weight is 304 g/mol. The first-order valence-corrected chi connectivity index (χ1v) is 5.71. The third-order valence-corrected chi connectivity index (χ3v) is 2.80. The number of hydrogen-bond acceptors (Lipinski definition) is 2. The van der Waals surface area contributed by atoms with E-state index in [1.165, 1.54) is 12.1 Å². The van der Waals surface area contributed by atoms with E-state index in [2.05, 4.69) is 15.9 Å². The molecule has 92 valence electrons. The molecular formula is C11H11BrFNO3. The number of nitrogens with zero attached hydrogens (tertiary/aromatic N) is 1. The van der Waals surface area contributed by atoms with Crippen molar-refractivity contribution in [1.82, 2.24) is 4.90 Å². The molecule has 0 fully saturated rings. The second-order valence-corrected chi connectivity index (χ2v) is 4.20. The largest absolute Gasteiger partial charge is 0.480 e. The van der Waals surface area contributed by atoms with Gasteiger partial charge < -0.3 is 10.0 Å². The summed E-state index contributed by atoms with van der Waals surface area (Å²) < 4.78 is 13.5. The zero-order chi connectivity index (χ0) is 13.0. The fourth-order valence-electron chi connectivity index (χ4n) is 1.30. The van der Waals surface area contributed by atoms with E-state index >= 15 is 0 Å². The first-order chi connectivity index (χ1) is 7.95. The zero-order valence-corrected chi connectivity index (χ0v) is 10.7. The molecule has 0 saturated carbocycles. The summed E-state index contributed by atoms with van der Waals surface area (Å²) in [5.74, 6) is -2.15. The van der Waals surface area contributed by atoms with Crippen LogP contribution in [0.3, 0.4) is 0 Å². The van der Waals surface area contributed by atoms with E-state index in [0.717, 1.165) is 11.0 Å². The predicted molar refractivity (Wildman–Crippen MR) is 63.3 cm³/mol. The van der Waals surface area contributed by atoms with Gasteiger partial charge in [0.05, 0.1) is 4.47 Å². The summed E-state index contributed by atoms with van der Waals surface area (Å²) in [4.78, 5) is 23.5. The normalized spacial score (nSPS) is 10.1. The van der Waals surface area contributed by atoms with Crippen LogP contribution in [0.1, 0.15) is 17.3 Å². The van der Waals surface area contributed by atoms with E-state index in [9.17, 15) is 14.0 Å². The first-order valence-electron chi connectivity index (χ1n) is 4.91. The number of halogens is 2. The van der Waals surface area contributed by atoms with Gasteiger partial charge in [0, 0.05) is 12.1 Å². The number of carboxylic acids is 1. The summed E-state index contributed by atoms with van der Waals surface area (Å²) in [6.45, 7) is 1.52.